The Kier molecular flexibility index (Phi) is 3.19. The van der Waals surface area contributed by atoms with E-state index in [4.69, 9.17) is 0 Å². The highest BCUT2D eigenvalue weighted by molar-refractivity contribution is 5.92. The predicted octanol–water partition coefficient (Wildman–Crippen LogP) is 3.19. The summed E-state index contributed by atoms with van der Waals surface area (Å²) in [4.78, 5) is 23.8. The Morgan fingerprint density at radius 1 is 1.20 bits per heavy atom. The van der Waals surface area contributed by atoms with Crippen molar-refractivity contribution in [2.45, 2.75) is 64.4 Å². The molecule has 5 aliphatic rings. The summed E-state index contributed by atoms with van der Waals surface area (Å²) in [7, 11) is 0. The second-order valence-corrected chi connectivity index (χ2v) is 9.69. The summed E-state index contributed by atoms with van der Waals surface area (Å²) in [5.74, 6) is 1.36. The summed E-state index contributed by atoms with van der Waals surface area (Å²) >= 11 is 0. The maximum atomic E-state index is 11.9. The third-order valence-electron chi connectivity index (χ3n) is 8.93. The van der Waals surface area contributed by atoms with Crippen molar-refractivity contribution in [3.63, 3.8) is 0 Å². The minimum absolute atomic E-state index is 0.171. The third kappa shape index (κ3) is 1.92. The van der Waals surface area contributed by atoms with Gasteiger partial charge >= 0.3 is 5.97 Å². The Bertz CT molecular complexity index is 681. The SMILES string of the molecule is CC12CC(O)CC3C4C(CCC5=CC(=O)CCC534)C1CCC2C(=O)O. The zero-order chi connectivity index (χ0) is 17.6. The number of carboxylic acid groups (broad SMARTS) is 1. The molecule has 8 atom stereocenters. The molecule has 0 aliphatic heterocycles. The smallest absolute Gasteiger partial charge is 0.307 e. The van der Waals surface area contributed by atoms with E-state index in [2.05, 4.69) is 6.92 Å². The second-order valence-electron chi connectivity index (χ2n) is 9.69. The number of carboxylic acids is 1. The molecule has 4 saturated carbocycles. The van der Waals surface area contributed by atoms with Crippen LogP contribution in [-0.4, -0.2) is 28.1 Å². The van der Waals surface area contributed by atoms with Crippen molar-refractivity contribution >= 4 is 11.8 Å². The van der Waals surface area contributed by atoms with E-state index in [1.54, 1.807) is 0 Å². The molecule has 8 unspecified atom stereocenters. The summed E-state index contributed by atoms with van der Waals surface area (Å²) in [5, 5.41) is 20.6. The number of allylic oxidation sites excluding steroid dienone is 2. The first-order chi connectivity index (χ1) is 11.9. The van der Waals surface area contributed by atoms with Crippen LogP contribution in [0.3, 0.4) is 0 Å². The van der Waals surface area contributed by atoms with Crippen LogP contribution in [0, 0.1) is 40.4 Å². The first-order valence-corrected chi connectivity index (χ1v) is 10.0. The van der Waals surface area contributed by atoms with E-state index in [1.807, 2.05) is 6.08 Å². The molecule has 4 heteroatoms. The highest BCUT2D eigenvalue weighted by Crippen LogP contribution is 2.78. The Labute approximate surface area is 148 Å². The lowest BCUT2D eigenvalue weighted by atomic mass is 9.60. The molecule has 0 amide bonds. The first kappa shape index (κ1) is 16.0. The Morgan fingerprint density at radius 2 is 2.00 bits per heavy atom. The van der Waals surface area contributed by atoms with Gasteiger partial charge in [0.15, 0.2) is 5.78 Å². The quantitative estimate of drug-likeness (QED) is 0.766. The molecule has 0 saturated heterocycles. The number of carbonyl (C=O) groups excluding carboxylic acids is 1. The number of carbonyl (C=O) groups is 2. The van der Waals surface area contributed by atoms with Crippen LogP contribution >= 0.6 is 0 Å². The number of hydrogen-bond donors (Lipinski definition) is 2. The molecule has 5 rings (SSSR count). The van der Waals surface area contributed by atoms with Crippen LogP contribution in [0.1, 0.15) is 58.3 Å². The van der Waals surface area contributed by atoms with E-state index in [0.717, 1.165) is 38.5 Å². The van der Waals surface area contributed by atoms with Crippen LogP contribution in [0.15, 0.2) is 11.6 Å². The van der Waals surface area contributed by atoms with Crippen molar-refractivity contribution in [2.24, 2.45) is 40.4 Å². The van der Waals surface area contributed by atoms with E-state index >= 15 is 0 Å². The molecule has 25 heavy (non-hydrogen) atoms. The van der Waals surface area contributed by atoms with Crippen molar-refractivity contribution in [2.75, 3.05) is 0 Å². The molecule has 0 bridgehead atoms. The van der Waals surface area contributed by atoms with Crippen LogP contribution in [0.5, 0.6) is 0 Å². The Balaban J connectivity index is 1.56. The zero-order valence-corrected chi connectivity index (χ0v) is 14.9. The molecule has 136 valence electrons. The Hall–Kier alpha value is -1.16. The maximum Gasteiger partial charge on any atom is 0.307 e. The van der Waals surface area contributed by atoms with Crippen LogP contribution in [0.25, 0.3) is 0 Å². The number of aliphatic carboxylic acids is 1. The van der Waals surface area contributed by atoms with Gasteiger partial charge in [-0.15, -0.1) is 0 Å². The molecule has 0 aromatic heterocycles. The van der Waals surface area contributed by atoms with Gasteiger partial charge in [-0.25, -0.2) is 0 Å². The molecule has 2 N–H and O–H groups in total. The molecule has 0 aromatic rings. The van der Waals surface area contributed by atoms with Gasteiger partial charge < -0.3 is 10.2 Å². The average Bonchev–Trinajstić information content (AvgIpc) is 3.03. The highest BCUT2D eigenvalue weighted by Gasteiger charge is 2.73. The van der Waals surface area contributed by atoms with Gasteiger partial charge in [0.1, 0.15) is 0 Å². The van der Waals surface area contributed by atoms with Gasteiger partial charge in [0.25, 0.3) is 0 Å². The monoisotopic (exact) mass is 344 g/mol. The lowest BCUT2D eigenvalue weighted by molar-refractivity contribution is -0.147. The topological polar surface area (TPSA) is 74.6 Å². The van der Waals surface area contributed by atoms with Gasteiger partial charge in [0.2, 0.25) is 0 Å². The van der Waals surface area contributed by atoms with Crippen molar-refractivity contribution in [1.82, 2.24) is 0 Å². The molecule has 0 aromatic carbocycles. The molecule has 1 spiro atoms. The van der Waals surface area contributed by atoms with Gasteiger partial charge in [0.05, 0.1) is 12.0 Å². The number of aliphatic hydroxyl groups excluding tert-OH is 1. The fraction of sp³-hybridized carbons (Fsp3) is 0.810. The lowest BCUT2D eigenvalue weighted by Crippen LogP contribution is -2.42. The molecule has 4 fully saturated rings. The van der Waals surface area contributed by atoms with Gasteiger partial charge in [-0.05, 0) is 85.5 Å². The standard InChI is InChI=1S/C21H28O4/c1-20-10-13(23)9-17-18-14(15(20)4-5-16(20)19(24)25)3-2-11-8-12(22)6-7-21(11,17)18/h8,13-18,23H,2-7,9-10H2,1H3,(H,24,25). The van der Waals surface area contributed by atoms with E-state index < -0.39 is 12.1 Å². The Morgan fingerprint density at radius 3 is 2.76 bits per heavy atom. The lowest BCUT2D eigenvalue weighted by Gasteiger charge is -2.44. The van der Waals surface area contributed by atoms with Gasteiger partial charge in [-0.3, -0.25) is 9.59 Å². The van der Waals surface area contributed by atoms with E-state index in [9.17, 15) is 19.8 Å². The molecule has 4 nitrogen and oxygen atoms in total. The molecular weight excluding hydrogens is 316 g/mol. The summed E-state index contributed by atoms with van der Waals surface area (Å²) < 4.78 is 0. The zero-order valence-electron chi connectivity index (χ0n) is 14.9. The van der Waals surface area contributed by atoms with Gasteiger partial charge in [-0.1, -0.05) is 12.5 Å². The van der Waals surface area contributed by atoms with Crippen molar-refractivity contribution in [3.8, 4) is 0 Å². The van der Waals surface area contributed by atoms with Crippen LogP contribution in [-0.2, 0) is 9.59 Å². The van der Waals surface area contributed by atoms with Gasteiger partial charge in [-0.2, -0.15) is 0 Å². The molecule has 0 radical (unpaired) electrons. The molecule has 5 aliphatic carbocycles. The summed E-state index contributed by atoms with van der Waals surface area (Å²) in [6.07, 6.45) is 8.40. The fourth-order valence-electron chi connectivity index (χ4n) is 8.09. The summed E-state index contributed by atoms with van der Waals surface area (Å²) in [6, 6.07) is 0. The van der Waals surface area contributed by atoms with E-state index in [-0.39, 0.29) is 22.5 Å². The van der Waals surface area contributed by atoms with E-state index in [1.165, 1.54) is 5.57 Å². The number of fused-ring (bicyclic) bond motifs is 2. The van der Waals surface area contributed by atoms with Crippen molar-refractivity contribution in [3.05, 3.63) is 11.6 Å². The number of hydrogen-bond acceptors (Lipinski definition) is 3. The van der Waals surface area contributed by atoms with Gasteiger partial charge in [0, 0.05) is 6.42 Å². The van der Waals surface area contributed by atoms with Crippen LogP contribution < -0.4 is 0 Å². The minimum atomic E-state index is -0.681. The normalized spacial score (nSPS) is 53.7. The first-order valence-electron chi connectivity index (χ1n) is 10.0. The third-order valence-corrected chi connectivity index (χ3v) is 8.93. The van der Waals surface area contributed by atoms with E-state index in [0.29, 0.717) is 36.5 Å². The minimum Gasteiger partial charge on any atom is -0.481 e. The fourth-order valence-corrected chi connectivity index (χ4v) is 8.09. The largest absolute Gasteiger partial charge is 0.481 e. The van der Waals surface area contributed by atoms with Crippen LogP contribution in [0.2, 0.25) is 0 Å². The molecule has 0 heterocycles. The average molecular weight is 344 g/mol. The maximum absolute atomic E-state index is 11.9. The van der Waals surface area contributed by atoms with Crippen LogP contribution in [0.4, 0.5) is 0 Å². The second kappa shape index (κ2) is 4.97. The highest BCUT2D eigenvalue weighted by atomic mass is 16.4. The van der Waals surface area contributed by atoms with Crippen molar-refractivity contribution < 1.29 is 19.8 Å². The summed E-state index contributed by atoms with van der Waals surface area (Å²) in [5.41, 5.74) is 1.25. The number of rotatable bonds is 1. The number of aliphatic hydroxyl groups is 1. The number of ketones is 1. The van der Waals surface area contributed by atoms with Crippen molar-refractivity contribution in [1.29, 1.82) is 0 Å². The molecular formula is C21H28O4. The predicted molar refractivity (Wildman–Crippen MR) is 91.7 cm³/mol. The summed E-state index contributed by atoms with van der Waals surface area (Å²) in [6.45, 7) is 2.14.